The van der Waals surface area contributed by atoms with Crippen molar-refractivity contribution in [1.82, 2.24) is 20.1 Å². The quantitative estimate of drug-likeness (QED) is 0.925. The van der Waals surface area contributed by atoms with Crippen molar-refractivity contribution in [3.8, 4) is 0 Å². The SMILES string of the molecule is Cc1nc(CN2CCCC2c2[nH]ncc2C)cs1. The molecule has 5 heteroatoms. The molecule has 2 aromatic rings. The second kappa shape index (κ2) is 4.82. The number of aromatic nitrogens is 3. The van der Waals surface area contributed by atoms with Gasteiger partial charge in [0.05, 0.1) is 28.6 Å². The maximum atomic E-state index is 4.56. The zero-order chi connectivity index (χ0) is 12.5. The molecule has 1 N–H and O–H groups in total. The Balaban J connectivity index is 1.77. The number of rotatable bonds is 3. The van der Waals surface area contributed by atoms with E-state index in [1.165, 1.54) is 29.8 Å². The lowest BCUT2D eigenvalue weighted by molar-refractivity contribution is 0.241. The fourth-order valence-electron chi connectivity index (χ4n) is 2.72. The lowest BCUT2D eigenvalue weighted by atomic mass is 10.1. The van der Waals surface area contributed by atoms with Gasteiger partial charge in [0.25, 0.3) is 0 Å². The van der Waals surface area contributed by atoms with Crippen molar-refractivity contribution in [1.29, 1.82) is 0 Å². The topological polar surface area (TPSA) is 44.8 Å². The van der Waals surface area contributed by atoms with Crippen LogP contribution in [0.15, 0.2) is 11.6 Å². The summed E-state index contributed by atoms with van der Waals surface area (Å²) in [5.74, 6) is 0. The molecule has 18 heavy (non-hydrogen) atoms. The first-order valence-electron chi connectivity index (χ1n) is 6.39. The van der Waals surface area contributed by atoms with Crippen molar-refractivity contribution < 1.29 is 0 Å². The fraction of sp³-hybridized carbons (Fsp3) is 0.538. The number of likely N-dealkylation sites (tertiary alicyclic amines) is 1. The van der Waals surface area contributed by atoms with Crippen LogP contribution in [0.25, 0.3) is 0 Å². The van der Waals surface area contributed by atoms with Crippen LogP contribution in [0.5, 0.6) is 0 Å². The predicted molar refractivity (Wildman–Crippen MR) is 72.6 cm³/mol. The Morgan fingerprint density at radius 2 is 2.39 bits per heavy atom. The summed E-state index contributed by atoms with van der Waals surface area (Å²) < 4.78 is 0. The van der Waals surface area contributed by atoms with Crippen molar-refractivity contribution in [2.75, 3.05) is 6.54 Å². The monoisotopic (exact) mass is 262 g/mol. The van der Waals surface area contributed by atoms with Gasteiger partial charge in [-0.2, -0.15) is 5.10 Å². The highest BCUT2D eigenvalue weighted by Gasteiger charge is 2.28. The summed E-state index contributed by atoms with van der Waals surface area (Å²) in [4.78, 5) is 7.07. The summed E-state index contributed by atoms with van der Waals surface area (Å²) in [5, 5.41) is 10.6. The largest absolute Gasteiger partial charge is 0.289 e. The van der Waals surface area contributed by atoms with Gasteiger partial charge in [-0.25, -0.2) is 4.98 Å². The van der Waals surface area contributed by atoms with E-state index in [1.807, 2.05) is 6.20 Å². The molecular weight excluding hydrogens is 244 g/mol. The third-order valence-corrected chi connectivity index (χ3v) is 4.42. The van der Waals surface area contributed by atoms with E-state index in [0.717, 1.165) is 18.1 Å². The van der Waals surface area contributed by atoms with E-state index in [-0.39, 0.29) is 0 Å². The number of aryl methyl sites for hydroxylation is 2. The van der Waals surface area contributed by atoms with Crippen LogP contribution in [0.2, 0.25) is 0 Å². The molecule has 0 aliphatic carbocycles. The molecule has 0 spiro atoms. The number of aromatic amines is 1. The Hall–Kier alpha value is -1.20. The van der Waals surface area contributed by atoms with Gasteiger partial charge in [-0.15, -0.1) is 11.3 Å². The molecule has 0 radical (unpaired) electrons. The van der Waals surface area contributed by atoms with Crippen LogP contribution in [0.1, 0.15) is 40.8 Å². The number of hydrogen-bond acceptors (Lipinski definition) is 4. The molecule has 3 heterocycles. The Bertz CT molecular complexity index is 531. The average Bonchev–Trinajstić information content (AvgIpc) is 3.02. The summed E-state index contributed by atoms with van der Waals surface area (Å²) in [5.41, 5.74) is 3.74. The Kier molecular flexibility index (Phi) is 3.18. The number of nitrogens with one attached hydrogen (secondary N) is 1. The van der Waals surface area contributed by atoms with Crippen molar-refractivity contribution in [3.63, 3.8) is 0 Å². The van der Waals surface area contributed by atoms with Crippen LogP contribution in [-0.4, -0.2) is 26.6 Å². The molecule has 0 aromatic carbocycles. The summed E-state index contributed by atoms with van der Waals surface area (Å²) >= 11 is 1.73. The van der Waals surface area contributed by atoms with Gasteiger partial charge in [0.2, 0.25) is 0 Å². The predicted octanol–water partition coefficient (Wildman–Crippen LogP) is 2.82. The number of hydrogen-bond donors (Lipinski definition) is 1. The molecule has 1 saturated heterocycles. The normalized spacial score (nSPS) is 20.7. The molecule has 0 saturated carbocycles. The van der Waals surface area contributed by atoms with E-state index < -0.39 is 0 Å². The van der Waals surface area contributed by atoms with E-state index >= 15 is 0 Å². The Labute approximate surface area is 111 Å². The summed E-state index contributed by atoms with van der Waals surface area (Å²) in [7, 11) is 0. The minimum absolute atomic E-state index is 0.481. The second-order valence-electron chi connectivity index (χ2n) is 4.95. The number of H-pyrrole nitrogens is 1. The summed E-state index contributed by atoms with van der Waals surface area (Å²) in [6.07, 6.45) is 4.39. The minimum atomic E-state index is 0.481. The van der Waals surface area contributed by atoms with Crippen LogP contribution in [0.3, 0.4) is 0 Å². The van der Waals surface area contributed by atoms with Crippen molar-refractivity contribution in [2.45, 2.75) is 39.3 Å². The first-order chi connectivity index (χ1) is 8.74. The minimum Gasteiger partial charge on any atom is -0.289 e. The third-order valence-electron chi connectivity index (χ3n) is 3.60. The van der Waals surface area contributed by atoms with Crippen molar-refractivity contribution in [3.05, 3.63) is 33.5 Å². The zero-order valence-corrected chi connectivity index (χ0v) is 11.6. The molecule has 3 rings (SSSR count). The molecule has 1 aliphatic rings. The van der Waals surface area contributed by atoms with Gasteiger partial charge in [0.15, 0.2) is 0 Å². The number of nitrogens with zero attached hydrogens (tertiary/aromatic N) is 3. The molecular formula is C13H18N4S. The lowest BCUT2D eigenvalue weighted by Gasteiger charge is -2.23. The maximum Gasteiger partial charge on any atom is 0.0897 e. The molecule has 1 atom stereocenters. The molecule has 2 aromatic heterocycles. The smallest absolute Gasteiger partial charge is 0.0897 e. The Morgan fingerprint density at radius 1 is 1.50 bits per heavy atom. The van der Waals surface area contributed by atoms with E-state index in [0.29, 0.717) is 6.04 Å². The molecule has 0 amide bonds. The van der Waals surface area contributed by atoms with Crippen LogP contribution in [0, 0.1) is 13.8 Å². The van der Waals surface area contributed by atoms with Gasteiger partial charge < -0.3 is 0 Å². The first-order valence-corrected chi connectivity index (χ1v) is 7.27. The van der Waals surface area contributed by atoms with Crippen LogP contribution in [-0.2, 0) is 6.54 Å². The zero-order valence-electron chi connectivity index (χ0n) is 10.8. The molecule has 0 bridgehead atoms. The van der Waals surface area contributed by atoms with E-state index in [4.69, 9.17) is 0 Å². The molecule has 1 fully saturated rings. The standard InChI is InChI=1S/C13H18N4S/c1-9-6-14-16-13(9)12-4-3-5-17(12)7-11-8-18-10(2)15-11/h6,8,12H,3-5,7H2,1-2H3,(H,14,16). The highest BCUT2D eigenvalue weighted by Crippen LogP contribution is 2.33. The van der Waals surface area contributed by atoms with Gasteiger partial charge >= 0.3 is 0 Å². The van der Waals surface area contributed by atoms with Crippen LogP contribution < -0.4 is 0 Å². The number of thiazole rings is 1. The summed E-state index contributed by atoms with van der Waals surface area (Å²) in [6.45, 7) is 6.30. The fourth-order valence-corrected chi connectivity index (χ4v) is 3.33. The van der Waals surface area contributed by atoms with Crippen LogP contribution in [0.4, 0.5) is 0 Å². The Morgan fingerprint density at radius 3 is 3.06 bits per heavy atom. The molecule has 1 aliphatic heterocycles. The lowest BCUT2D eigenvalue weighted by Crippen LogP contribution is -2.23. The highest BCUT2D eigenvalue weighted by atomic mass is 32.1. The maximum absolute atomic E-state index is 4.56. The molecule has 4 nitrogen and oxygen atoms in total. The van der Waals surface area contributed by atoms with Crippen molar-refractivity contribution in [2.24, 2.45) is 0 Å². The van der Waals surface area contributed by atoms with E-state index in [2.05, 4.69) is 39.3 Å². The first kappa shape index (κ1) is 11.9. The van der Waals surface area contributed by atoms with Gasteiger partial charge in [0.1, 0.15) is 0 Å². The van der Waals surface area contributed by atoms with E-state index in [1.54, 1.807) is 11.3 Å². The van der Waals surface area contributed by atoms with Gasteiger partial charge in [0, 0.05) is 11.9 Å². The highest BCUT2D eigenvalue weighted by molar-refractivity contribution is 7.09. The summed E-state index contributed by atoms with van der Waals surface area (Å²) in [6, 6.07) is 0.481. The second-order valence-corrected chi connectivity index (χ2v) is 6.02. The van der Waals surface area contributed by atoms with Crippen molar-refractivity contribution >= 4 is 11.3 Å². The third kappa shape index (κ3) is 2.20. The molecule has 96 valence electrons. The average molecular weight is 262 g/mol. The molecule has 1 unspecified atom stereocenters. The van der Waals surface area contributed by atoms with E-state index in [9.17, 15) is 0 Å². The van der Waals surface area contributed by atoms with Gasteiger partial charge in [-0.3, -0.25) is 10.00 Å². The van der Waals surface area contributed by atoms with Gasteiger partial charge in [-0.05, 0) is 38.8 Å². The van der Waals surface area contributed by atoms with Gasteiger partial charge in [-0.1, -0.05) is 0 Å². The van der Waals surface area contributed by atoms with Crippen LogP contribution >= 0.6 is 11.3 Å².